The zero-order valence-electron chi connectivity index (χ0n) is 16.8. The number of aryl methyl sites for hydroxylation is 1. The van der Waals surface area contributed by atoms with Crippen LogP contribution in [0.4, 0.5) is 22.9 Å². The summed E-state index contributed by atoms with van der Waals surface area (Å²) >= 11 is 6.06. The fourth-order valence-corrected chi connectivity index (χ4v) is 3.87. The third-order valence-electron chi connectivity index (χ3n) is 4.91. The Kier molecular flexibility index (Phi) is 5.40. The largest absolute Gasteiger partial charge is 0.353 e. The van der Waals surface area contributed by atoms with E-state index in [0.717, 1.165) is 12.8 Å². The van der Waals surface area contributed by atoms with Gasteiger partial charge in [-0.25, -0.2) is 13.4 Å². The van der Waals surface area contributed by atoms with Crippen molar-refractivity contribution in [3.8, 4) is 0 Å². The molecule has 0 spiro atoms. The summed E-state index contributed by atoms with van der Waals surface area (Å²) in [7, 11) is -2.01. The number of rotatable bonds is 7. The third-order valence-corrected chi connectivity index (χ3v) is 6.43. The van der Waals surface area contributed by atoms with Gasteiger partial charge in [0, 0.05) is 24.1 Å². The quantitative estimate of drug-likeness (QED) is 0.424. The topological polar surface area (TPSA) is 138 Å². The number of aromatic amines is 1. The SMILES string of the molecule is CCS(=O)(=O)Nc1cc(Cl)ccc1Nc1cc(NC(=O)C2CC2)nc2[nH]n(C)c(=O)c12. The lowest BCUT2D eigenvalue weighted by Crippen LogP contribution is -2.16. The van der Waals surface area contributed by atoms with Crippen LogP contribution in [0.25, 0.3) is 11.0 Å². The summed E-state index contributed by atoms with van der Waals surface area (Å²) in [6, 6.07) is 6.21. The van der Waals surface area contributed by atoms with Crippen molar-refractivity contribution in [3.05, 3.63) is 39.6 Å². The van der Waals surface area contributed by atoms with Gasteiger partial charge in [0.1, 0.15) is 11.2 Å². The molecule has 1 aliphatic carbocycles. The monoisotopic (exact) mass is 464 g/mol. The lowest BCUT2D eigenvalue weighted by atomic mass is 10.2. The summed E-state index contributed by atoms with van der Waals surface area (Å²) in [6.45, 7) is 1.52. The smallest absolute Gasteiger partial charge is 0.277 e. The maximum absolute atomic E-state index is 12.6. The summed E-state index contributed by atoms with van der Waals surface area (Å²) in [6.07, 6.45) is 1.68. The molecule has 4 N–H and O–H groups in total. The molecule has 2 aromatic heterocycles. The summed E-state index contributed by atoms with van der Waals surface area (Å²) in [5.41, 5.74) is 0.937. The summed E-state index contributed by atoms with van der Waals surface area (Å²) in [4.78, 5) is 29.2. The Morgan fingerprint density at radius 2 is 2.00 bits per heavy atom. The molecule has 1 fully saturated rings. The van der Waals surface area contributed by atoms with Gasteiger partial charge >= 0.3 is 0 Å². The normalized spacial score (nSPS) is 13.9. The van der Waals surface area contributed by atoms with Crippen molar-refractivity contribution in [2.45, 2.75) is 19.8 Å². The van der Waals surface area contributed by atoms with Crippen molar-refractivity contribution < 1.29 is 13.2 Å². The second-order valence-electron chi connectivity index (χ2n) is 7.34. The first kappa shape index (κ1) is 21.2. The summed E-state index contributed by atoms with van der Waals surface area (Å²) < 4.78 is 28.0. The van der Waals surface area contributed by atoms with Gasteiger partial charge in [0.05, 0.1) is 22.8 Å². The molecule has 4 rings (SSSR count). The molecule has 0 bridgehead atoms. The molecular formula is C19H21ClN6O4S. The van der Waals surface area contributed by atoms with Crippen LogP contribution in [0, 0.1) is 5.92 Å². The fourth-order valence-electron chi connectivity index (χ4n) is 3.05. The van der Waals surface area contributed by atoms with Crippen molar-refractivity contribution >= 4 is 61.4 Å². The van der Waals surface area contributed by atoms with Gasteiger partial charge in [0.25, 0.3) is 5.56 Å². The molecule has 1 amide bonds. The zero-order valence-corrected chi connectivity index (χ0v) is 18.4. The Morgan fingerprint density at radius 1 is 1.26 bits per heavy atom. The first-order chi connectivity index (χ1) is 14.7. The van der Waals surface area contributed by atoms with Gasteiger partial charge in [0.2, 0.25) is 15.9 Å². The maximum atomic E-state index is 12.6. The number of aromatic nitrogens is 3. The van der Waals surface area contributed by atoms with E-state index in [9.17, 15) is 18.0 Å². The molecule has 0 atom stereocenters. The van der Waals surface area contributed by atoms with Crippen LogP contribution in [0.1, 0.15) is 19.8 Å². The number of hydrogen-bond acceptors (Lipinski definition) is 6. The van der Waals surface area contributed by atoms with E-state index in [1.54, 1.807) is 25.2 Å². The summed E-state index contributed by atoms with van der Waals surface area (Å²) in [5, 5.41) is 9.32. The molecule has 1 aromatic carbocycles. The second-order valence-corrected chi connectivity index (χ2v) is 9.79. The Labute approximate surface area is 183 Å². The number of carbonyl (C=O) groups excluding carboxylic acids is 1. The minimum absolute atomic E-state index is 0.0185. The number of hydrogen-bond donors (Lipinski definition) is 4. The Hall–Kier alpha value is -3.05. The molecule has 12 heteroatoms. The Balaban J connectivity index is 1.79. The molecular weight excluding hydrogens is 444 g/mol. The molecule has 10 nitrogen and oxygen atoms in total. The number of benzene rings is 1. The standard InChI is InChI=1S/C19H21ClN6O4S/c1-3-31(29,30)25-13-8-11(20)6-7-12(13)21-14-9-15(23-18(27)10-4-5-10)22-17-16(14)19(28)26(2)24-17/h6-10,25H,3-5H2,1-2H3,(H3,21,22,23,24,27). The number of amides is 1. The maximum Gasteiger partial charge on any atom is 0.277 e. The van der Waals surface area contributed by atoms with Crippen molar-refractivity contribution in [2.24, 2.45) is 13.0 Å². The highest BCUT2D eigenvalue weighted by Crippen LogP contribution is 2.33. The molecule has 3 aromatic rings. The predicted octanol–water partition coefficient (Wildman–Crippen LogP) is 2.77. The van der Waals surface area contributed by atoms with E-state index in [4.69, 9.17) is 11.6 Å². The van der Waals surface area contributed by atoms with Gasteiger partial charge in [-0.1, -0.05) is 11.6 Å². The Morgan fingerprint density at radius 3 is 2.68 bits per heavy atom. The number of anilines is 4. The van der Waals surface area contributed by atoms with Crippen LogP contribution < -0.4 is 20.9 Å². The van der Waals surface area contributed by atoms with Crippen LogP contribution in [-0.4, -0.2) is 34.8 Å². The van der Waals surface area contributed by atoms with Crippen LogP contribution in [0.3, 0.4) is 0 Å². The fraction of sp³-hybridized carbons (Fsp3) is 0.316. The van der Waals surface area contributed by atoms with Crippen LogP contribution >= 0.6 is 11.6 Å². The lowest BCUT2D eigenvalue weighted by molar-refractivity contribution is -0.117. The molecule has 0 unspecified atom stereocenters. The molecule has 0 saturated heterocycles. The van der Waals surface area contributed by atoms with Crippen LogP contribution in [0.5, 0.6) is 0 Å². The van der Waals surface area contributed by atoms with Crippen molar-refractivity contribution in [1.29, 1.82) is 0 Å². The highest BCUT2D eigenvalue weighted by molar-refractivity contribution is 7.92. The highest BCUT2D eigenvalue weighted by atomic mass is 35.5. The number of pyridine rings is 1. The number of nitrogens with one attached hydrogen (secondary N) is 4. The first-order valence-electron chi connectivity index (χ1n) is 9.64. The lowest BCUT2D eigenvalue weighted by Gasteiger charge is -2.15. The van der Waals surface area contributed by atoms with E-state index in [2.05, 4.69) is 25.4 Å². The van der Waals surface area contributed by atoms with E-state index in [0.29, 0.717) is 16.4 Å². The number of sulfonamides is 1. The van der Waals surface area contributed by atoms with Gasteiger partial charge < -0.3 is 10.6 Å². The van der Waals surface area contributed by atoms with E-state index in [1.807, 2.05) is 0 Å². The van der Waals surface area contributed by atoms with Gasteiger partial charge in [-0.3, -0.25) is 24.1 Å². The first-order valence-corrected chi connectivity index (χ1v) is 11.7. The average molecular weight is 465 g/mol. The second kappa shape index (κ2) is 7.89. The number of halogens is 1. The van der Waals surface area contributed by atoms with E-state index >= 15 is 0 Å². The minimum atomic E-state index is -3.57. The summed E-state index contributed by atoms with van der Waals surface area (Å²) in [5.74, 6) is 0.0150. The molecule has 31 heavy (non-hydrogen) atoms. The predicted molar refractivity (Wildman–Crippen MR) is 121 cm³/mol. The van der Waals surface area contributed by atoms with Crippen LogP contribution in [0.2, 0.25) is 5.02 Å². The molecule has 1 aliphatic rings. The van der Waals surface area contributed by atoms with Gasteiger partial charge in [-0.05, 0) is 38.0 Å². The van der Waals surface area contributed by atoms with Gasteiger partial charge in [0.15, 0.2) is 5.65 Å². The minimum Gasteiger partial charge on any atom is -0.353 e. The molecule has 0 aliphatic heterocycles. The average Bonchev–Trinajstić information content (AvgIpc) is 3.51. The van der Waals surface area contributed by atoms with Crippen molar-refractivity contribution in [3.63, 3.8) is 0 Å². The van der Waals surface area contributed by atoms with E-state index in [1.165, 1.54) is 17.7 Å². The molecule has 2 heterocycles. The van der Waals surface area contributed by atoms with E-state index < -0.39 is 10.0 Å². The van der Waals surface area contributed by atoms with Crippen LogP contribution in [0.15, 0.2) is 29.1 Å². The number of H-pyrrole nitrogens is 1. The number of fused-ring (bicyclic) bond motifs is 1. The number of nitrogens with zero attached hydrogens (tertiary/aromatic N) is 2. The van der Waals surface area contributed by atoms with E-state index in [-0.39, 0.29) is 45.7 Å². The number of carbonyl (C=O) groups is 1. The van der Waals surface area contributed by atoms with Gasteiger partial charge in [-0.2, -0.15) is 0 Å². The Bertz CT molecular complexity index is 1340. The van der Waals surface area contributed by atoms with Crippen LogP contribution in [-0.2, 0) is 21.9 Å². The highest BCUT2D eigenvalue weighted by Gasteiger charge is 2.30. The zero-order chi connectivity index (χ0) is 22.3. The third kappa shape index (κ3) is 4.52. The van der Waals surface area contributed by atoms with Crippen molar-refractivity contribution in [2.75, 3.05) is 21.1 Å². The molecule has 164 valence electrons. The van der Waals surface area contributed by atoms with Crippen molar-refractivity contribution in [1.82, 2.24) is 14.8 Å². The molecule has 1 saturated carbocycles. The molecule has 0 radical (unpaired) electrons. The van der Waals surface area contributed by atoms with Gasteiger partial charge in [-0.15, -0.1) is 0 Å².